The first-order chi connectivity index (χ1) is 21.6. The van der Waals surface area contributed by atoms with Gasteiger partial charge in [0.15, 0.2) is 0 Å². The Kier molecular flexibility index (Phi) is 5.31. The molecular formula is C43H31N. The SMILES string of the molecule is CC1(C)c2ccccc2-c2ccc(N(c3ccccc3)c3cccc(-c4ccc5c6c(cccc46)-c4ccccc4-5)c3)cc21. The highest BCUT2D eigenvalue weighted by Crippen LogP contribution is 2.52. The topological polar surface area (TPSA) is 3.24 Å². The molecule has 2 aliphatic rings. The lowest BCUT2D eigenvalue weighted by atomic mass is 9.82. The van der Waals surface area contributed by atoms with Gasteiger partial charge in [0.1, 0.15) is 0 Å². The zero-order chi connectivity index (χ0) is 29.4. The lowest BCUT2D eigenvalue weighted by Gasteiger charge is -2.28. The van der Waals surface area contributed by atoms with Crippen LogP contribution in [0.3, 0.4) is 0 Å². The summed E-state index contributed by atoms with van der Waals surface area (Å²) in [6.45, 7) is 4.70. The van der Waals surface area contributed by atoms with Crippen LogP contribution in [0.25, 0.3) is 55.3 Å². The summed E-state index contributed by atoms with van der Waals surface area (Å²) in [4.78, 5) is 2.40. The van der Waals surface area contributed by atoms with Crippen LogP contribution in [0.15, 0.2) is 152 Å². The van der Waals surface area contributed by atoms with Crippen molar-refractivity contribution in [2.75, 3.05) is 4.90 Å². The van der Waals surface area contributed by atoms with Gasteiger partial charge in [0.25, 0.3) is 0 Å². The monoisotopic (exact) mass is 561 g/mol. The Hall–Kier alpha value is -5.40. The van der Waals surface area contributed by atoms with Crippen LogP contribution in [0.2, 0.25) is 0 Å². The van der Waals surface area contributed by atoms with Crippen molar-refractivity contribution < 1.29 is 0 Å². The zero-order valence-corrected chi connectivity index (χ0v) is 24.9. The van der Waals surface area contributed by atoms with Crippen LogP contribution in [0.5, 0.6) is 0 Å². The first-order valence-corrected chi connectivity index (χ1v) is 15.5. The van der Waals surface area contributed by atoms with Crippen molar-refractivity contribution in [3.63, 3.8) is 0 Å². The fourth-order valence-corrected chi connectivity index (χ4v) is 7.73. The molecule has 9 rings (SSSR count). The summed E-state index contributed by atoms with van der Waals surface area (Å²) < 4.78 is 0. The second-order valence-corrected chi connectivity index (χ2v) is 12.6. The Morgan fingerprint density at radius 2 is 0.955 bits per heavy atom. The molecule has 0 N–H and O–H groups in total. The number of rotatable bonds is 4. The van der Waals surface area contributed by atoms with E-state index in [9.17, 15) is 0 Å². The maximum absolute atomic E-state index is 2.41. The van der Waals surface area contributed by atoms with E-state index in [2.05, 4.69) is 170 Å². The van der Waals surface area contributed by atoms with Gasteiger partial charge in [-0.15, -0.1) is 0 Å². The molecule has 0 heterocycles. The van der Waals surface area contributed by atoms with Gasteiger partial charge in [-0.1, -0.05) is 129 Å². The number of para-hydroxylation sites is 1. The summed E-state index contributed by atoms with van der Waals surface area (Å²) in [6, 6.07) is 55.8. The Morgan fingerprint density at radius 3 is 1.77 bits per heavy atom. The quantitative estimate of drug-likeness (QED) is 0.207. The van der Waals surface area contributed by atoms with Crippen molar-refractivity contribution in [1.29, 1.82) is 0 Å². The minimum absolute atomic E-state index is 0.0612. The Labute approximate surface area is 258 Å². The highest BCUT2D eigenvalue weighted by Gasteiger charge is 2.35. The molecule has 0 amide bonds. The van der Waals surface area contributed by atoms with Crippen molar-refractivity contribution >= 4 is 27.8 Å². The average molecular weight is 562 g/mol. The van der Waals surface area contributed by atoms with Crippen LogP contribution in [0.4, 0.5) is 17.1 Å². The van der Waals surface area contributed by atoms with Gasteiger partial charge in [0.2, 0.25) is 0 Å². The van der Waals surface area contributed by atoms with Gasteiger partial charge in [-0.05, 0) is 103 Å². The van der Waals surface area contributed by atoms with Crippen LogP contribution in [0.1, 0.15) is 25.0 Å². The molecule has 7 aromatic carbocycles. The zero-order valence-electron chi connectivity index (χ0n) is 24.9. The Balaban J connectivity index is 1.21. The second-order valence-electron chi connectivity index (χ2n) is 12.6. The van der Waals surface area contributed by atoms with Crippen molar-refractivity contribution in [1.82, 2.24) is 0 Å². The predicted octanol–water partition coefficient (Wildman–Crippen LogP) is 11.9. The number of nitrogens with zero attached hydrogens (tertiary/aromatic N) is 1. The molecule has 1 heteroatoms. The number of benzene rings is 7. The highest BCUT2D eigenvalue weighted by molar-refractivity contribution is 6.18. The molecule has 1 nitrogen and oxygen atoms in total. The third-order valence-electron chi connectivity index (χ3n) is 9.80. The average Bonchev–Trinajstić information content (AvgIpc) is 3.52. The van der Waals surface area contributed by atoms with Gasteiger partial charge in [-0.2, -0.15) is 0 Å². The van der Waals surface area contributed by atoms with Gasteiger partial charge < -0.3 is 4.90 Å². The van der Waals surface area contributed by atoms with Gasteiger partial charge in [-0.3, -0.25) is 0 Å². The fourth-order valence-electron chi connectivity index (χ4n) is 7.73. The first kappa shape index (κ1) is 25.1. The van der Waals surface area contributed by atoms with E-state index >= 15 is 0 Å². The molecule has 0 bridgehead atoms. The normalized spacial score (nSPS) is 13.4. The molecule has 0 atom stereocenters. The summed E-state index contributed by atoms with van der Waals surface area (Å²) in [6.07, 6.45) is 0. The summed E-state index contributed by atoms with van der Waals surface area (Å²) in [5, 5.41) is 2.66. The van der Waals surface area contributed by atoms with Crippen LogP contribution < -0.4 is 4.90 Å². The van der Waals surface area contributed by atoms with E-state index in [4.69, 9.17) is 0 Å². The number of hydrogen-bond donors (Lipinski definition) is 0. The van der Waals surface area contributed by atoms with Gasteiger partial charge in [-0.25, -0.2) is 0 Å². The van der Waals surface area contributed by atoms with Crippen LogP contribution in [0, 0.1) is 0 Å². The van der Waals surface area contributed by atoms with E-state index in [1.165, 1.54) is 72.1 Å². The Bertz CT molecular complexity index is 2230. The van der Waals surface area contributed by atoms with Crippen LogP contribution in [-0.2, 0) is 5.41 Å². The van der Waals surface area contributed by atoms with E-state index < -0.39 is 0 Å². The summed E-state index contributed by atoms with van der Waals surface area (Å²) in [5.74, 6) is 0. The Morgan fingerprint density at radius 1 is 0.386 bits per heavy atom. The van der Waals surface area contributed by atoms with E-state index in [1.54, 1.807) is 0 Å². The third kappa shape index (κ3) is 3.53. The lowest BCUT2D eigenvalue weighted by Crippen LogP contribution is -2.16. The molecule has 0 aromatic heterocycles. The molecule has 7 aromatic rings. The van der Waals surface area contributed by atoms with E-state index in [0.717, 1.165) is 11.4 Å². The summed E-state index contributed by atoms with van der Waals surface area (Å²) >= 11 is 0. The predicted molar refractivity (Wildman–Crippen MR) is 186 cm³/mol. The third-order valence-corrected chi connectivity index (χ3v) is 9.80. The molecule has 0 saturated heterocycles. The van der Waals surface area contributed by atoms with Crippen LogP contribution >= 0.6 is 0 Å². The maximum Gasteiger partial charge on any atom is 0.0467 e. The molecule has 0 spiro atoms. The largest absolute Gasteiger partial charge is 0.310 e. The molecule has 0 radical (unpaired) electrons. The number of hydrogen-bond acceptors (Lipinski definition) is 1. The van der Waals surface area contributed by atoms with Gasteiger partial charge in [0, 0.05) is 22.5 Å². The van der Waals surface area contributed by atoms with Gasteiger partial charge in [0.05, 0.1) is 0 Å². The second kappa shape index (κ2) is 9.30. The first-order valence-electron chi connectivity index (χ1n) is 15.5. The molecule has 2 aliphatic carbocycles. The minimum atomic E-state index is -0.0612. The number of anilines is 3. The standard InChI is InChI=1S/C43H31N/c1-43(2)40-21-9-8-18-35(40)36-23-22-31(27-41(36)43)44(29-13-4-3-5-14-29)30-15-10-12-28(26-30)32-24-25-39-34-17-7-6-16-33(34)38-20-11-19-37(32)42(38)39/h3-27H,1-2H3. The van der Waals surface area contributed by atoms with Crippen molar-refractivity contribution in [3.8, 4) is 44.5 Å². The lowest BCUT2D eigenvalue weighted by molar-refractivity contribution is 0.660. The maximum atomic E-state index is 2.41. The molecule has 0 saturated carbocycles. The molecular weight excluding hydrogens is 530 g/mol. The highest BCUT2D eigenvalue weighted by atomic mass is 15.1. The summed E-state index contributed by atoms with van der Waals surface area (Å²) in [7, 11) is 0. The van der Waals surface area contributed by atoms with Crippen molar-refractivity contribution in [3.05, 3.63) is 163 Å². The molecule has 0 aliphatic heterocycles. The van der Waals surface area contributed by atoms with Crippen LogP contribution in [-0.4, -0.2) is 0 Å². The van der Waals surface area contributed by atoms with E-state index in [1.807, 2.05) is 0 Å². The van der Waals surface area contributed by atoms with Crippen molar-refractivity contribution in [2.45, 2.75) is 19.3 Å². The smallest absolute Gasteiger partial charge is 0.0467 e. The fraction of sp³-hybridized carbons (Fsp3) is 0.0698. The minimum Gasteiger partial charge on any atom is -0.310 e. The van der Waals surface area contributed by atoms with E-state index in [-0.39, 0.29) is 5.41 Å². The van der Waals surface area contributed by atoms with Crippen molar-refractivity contribution in [2.24, 2.45) is 0 Å². The molecule has 44 heavy (non-hydrogen) atoms. The van der Waals surface area contributed by atoms with Gasteiger partial charge >= 0.3 is 0 Å². The number of fused-ring (bicyclic) bond motifs is 6. The molecule has 208 valence electrons. The summed E-state index contributed by atoms with van der Waals surface area (Å²) in [5.41, 5.74) is 16.7. The molecule has 0 fully saturated rings. The van der Waals surface area contributed by atoms with E-state index in [0.29, 0.717) is 0 Å². The molecule has 0 unspecified atom stereocenters.